The molecule has 0 aliphatic carbocycles. The van der Waals surface area contributed by atoms with Crippen molar-refractivity contribution in [1.29, 1.82) is 0 Å². The molecular formula is C22H33N5O. The molecule has 1 aromatic carbocycles. The first-order chi connectivity index (χ1) is 13.6. The summed E-state index contributed by atoms with van der Waals surface area (Å²) in [5.74, 6) is 0.875. The number of rotatable bonds is 9. The van der Waals surface area contributed by atoms with E-state index in [1.807, 2.05) is 31.0 Å². The summed E-state index contributed by atoms with van der Waals surface area (Å²) in [5.41, 5.74) is 2.44. The highest BCUT2D eigenvalue weighted by molar-refractivity contribution is 5.75. The van der Waals surface area contributed by atoms with Gasteiger partial charge in [-0.1, -0.05) is 12.1 Å². The first kappa shape index (κ1) is 20.6. The molecule has 1 aromatic heterocycles. The van der Waals surface area contributed by atoms with E-state index in [2.05, 4.69) is 44.5 Å². The van der Waals surface area contributed by atoms with E-state index in [1.54, 1.807) is 6.20 Å². The zero-order valence-corrected chi connectivity index (χ0v) is 17.2. The fourth-order valence-corrected chi connectivity index (χ4v) is 3.71. The molecule has 0 saturated carbocycles. The largest absolute Gasteiger partial charge is 0.355 e. The lowest BCUT2D eigenvalue weighted by molar-refractivity contribution is -0.121. The summed E-state index contributed by atoms with van der Waals surface area (Å²) in [6.07, 6.45) is 7.81. The van der Waals surface area contributed by atoms with Crippen LogP contribution in [-0.2, 0) is 11.3 Å². The van der Waals surface area contributed by atoms with Crippen LogP contribution >= 0.6 is 0 Å². The van der Waals surface area contributed by atoms with Crippen LogP contribution in [0.25, 0.3) is 5.69 Å². The number of amides is 1. The Labute approximate surface area is 168 Å². The number of benzene rings is 1. The molecule has 0 atom stereocenters. The standard InChI is InChI=1S/C22H33N5O/c1-25(2)17-13-23-22(28)9-6-19-10-15-26(16-11-19)18-20-4-7-21(8-5-20)27-14-3-12-24-27/h3-5,7-8,12,14,19H,6,9-11,13,15-18H2,1-2H3,(H,23,28). The number of hydrogen-bond acceptors (Lipinski definition) is 4. The van der Waals surface area contributed by atoms with E-state index in [0.29, 0.717) is 12.3 Å². The van der Waals surface area contributed by atoms with E-state index in [9.17, 15) is 4.79 Å². The van der Waals surface area contributed by atoms with Crippen molar-refractivity contribution in [2.24, 2.45) is 5.92 Å². The smallest absolute Gasteiger partial charge is 0.220 e. The van der Waals surface area contributed by atoms with Crippen LogP contribution in [0.1, 0.15) is 31.2 Å². The third-order valence-corrected chi connectivity index (χ3v) is 5.48. The van der Waals surface area contributed by atoms with Gasteiger partial charge in [0.1, 0.15) is 0 Å². The van der Waals surface area contributed by atoms with Gasteiger partial charge in [0, 0.05) is 38.4 Å². The molecule has 0 bridgehead atoms. The van der Waals surface area contributed by atoms with Crippen LogP contribution in [0.15, 0.2) is 42.7 Å². The second-order valence-electron chi connectivity index (χ2n) is 8.03. The Morgan fingerprint density at radius 2 is 1.96 bits per heavy atom. The highest BCUT2D eigenvalue weighted by atomic mass is 16.1. The van der Waals surface area contributed by atoms with Crippen molar-refractivity contribution in [2.75, 3.05) is 40.3 Å². The van der Waals surface area contributed by atoms with Gasteiger partial charge in [-0.05, 0) is 76.1 Å². The lowest BCUT2D eigenvalue weighted by Gasteiger charge is -2.32. The molecule has 1 aliphatic heterocycles. The first-order valence-electron chi connectivity index (χ1n) is 10.3. The maximum absolute atomic E-state index is 11.9. The Morgan fingerprint density at radius 3 is 2.61 bits per heavy atom. The van der Waals surface area contributed by atoms with Crippen LogP contribution in [0.4, 0.5) is 0 Å². The maximum atomic E-state index is 11.9. The molecule has 1 fully saturated rings. The second-order valence-corrected chi connectivity index (χ2v) is 8.03. The summed E-state index contributed by atoms with van der Waals surface area (Å²) in [5, 5.41) is 7.28. The van der Waals surface area contributed by atoms with Gasteiger partial charge in [-0.25, -0.2) is 4.68 Å². The molecule has 2 heterocycles. The average molecular weight is 384 g/mol. The van der Waals surface area contributed by atoms with Crippen LogP contribution in [0.5, 0.6) is 0 Å². The van der Waals surface area contributed by atoms with Gasteiger partial charge < -0.3 is 10.2 Å². The van der Waals surface area contributed by atoms with Crippen LogP contribution in [-0.4, -0.2) is 65.8 Å². The summed E-state index contributed by atoms with van der Waals surface area (Å²) in [7, 11) is 4.04. The van der Waals surface area contributed by atoms with Gasteiger partial charge in [0.25, 0.3) is 0 Å². The van der Waals surface area contributed by atoms with Gasteiger partial charge in [-0.3, -0.25) is 9.69 Å². The predicted octanol–water partition coefficient (Wildman–Crippen LogP) is 2.54. The normalized spacial score (nSPS) is 15.8. The number of aromatic nitrogens is 2. The lowest BCUT2D eigenvalue weighted by atomic mass is 9.92. The Bertz CT molecular complexity index is 703. The molecule has 1 aliphatic rings. The van der Waals surface area contributed by atoms with E-state index >= 15 is 0 Å². The van der Waals surface area contributed by atoms with Gasteiger partial charge in [0.15, 0.2) is 0 Å². The van der Waals surface area contributed by atoms with E-state index < -0.39 is 0 Å². The third-order valence-electron chi connectivity index (χ3n) is 5.48. The van der Waals surface area contributed by atoms with Crippen LogP contribution in [0, 0.1) is 5.92 Å². The van der Waals surface area contributed by atoms with Gasteiger partial charge in [-0.15, -0.1) is 0 Å². The number of nitrogens with zero attached hydrogens (tertiary/aromatic N) is 4. The molecular weight excluding hydrogens is 350 g/mol. The van der Waals surface area contributed by atoms with E-state index in [0.717, 1.165) is 44.8 Å². The average Bonchev–Trinajstić information content (AvgIpc) is 3.23. The Hall–Kier alpha value is -2.18. The van der Waals surface area contributed by atoms with Crippen LogP contribution in [0.3, 0.4) is 0 Å². The van der Waals surface area contributed by atoms with Gasteiger partial charge in [0.2, 0.25) is 5.91 Å². The minimum Gasteiger partial charge on any atom is -0.355 e. The zero-order valence-electron chi connectivity index (χ0n) is 17.2. The molecule has 28 heavy (non-hydrogen) atoms. The summed E-state index contributed by atoms with van der Waals surface area (Å²) in [6.45, 7) is 4.87. The molecule has 1 N–H and O–H groups in total. The molecule has 1 saturated heterocycles. The van der Waals surface area contributed by atoms with Gasteiger partial charge >= 0.3 is 0 Å². The number of hydrogen-bond donors (Lipinski definition) is 1. The summed E-state index contributed by atoms with van der Waals surface area (Å²) in [4.78, 5) is 16.5. The maximum Gasteiger partial charge on any atom is 0.220 e. The molecule has 152 valence electrons. The highest BCUT2D eigenvalue weighted by Gasteiger charge is 2.20. The van der Waals surface area contributed by atoms with Crippen LogP contribution < -0.4 is 5.32 Å². The molecule has 0 unspecified atom stereocenters. The fourth-order valence-electron chi connectivity index (χ4n) is 3.71. The molecule has 6 heteroatoms. The monoisotopic (exact) mass is 383 g/mol. The van der Waals surface area contributed by atoms with Crippen LogP contribution in [0.2, 0.25) is 0 Å². The first-order valence-corrected chi connectivity index (χ1v) is 10.3. The Kier molecular flexibility index (Phi) is 7.62. The van der Waals surface area contributed by atoms with E-state index in [4.69, 9.17) is 0 Å². The van der Waals surface area contributed by atoms with Crippen molar-refractivity contribution in [2.45, 2.75) is 32.2 Å². The van der Waals surface area contributed by atoms with Crippen molar-refractivity contribution in [3.63, 3.8) is 0 Å². The number of carbonyl (C=O) groups is 1. The number of likely N-dealkylation sites (tertiary alicyclic amines) is 1. The molecule has 1 amide bonds. The lowest BCUT2D eigenvalue weighted by Crippen LogP contribution is -2.34. The predicted molar refractivity (Wildman–Crippen MR) is 112 cm³/mol. The van der Waals surface area contributed by atoms with Gasteiger partial charge in [0.05, 0.1) is 5.69 Å². The number of nitrogens with one attached hydrogen (secondary N) is 1. The van der Waals surface area contributed by atoms with Crippen molar-refractivity contribution in [3.05, 3.63) is 48.3 Å². The number of carbonyl (C=O) groups excluding carboxylic acids is 1. The number of likely N-dealkylation sites (N-methyl/N-ethyl adjacent to an activating group) is 1. The second kappa shape index (κ2) is 10.4. The van der Waals surface area contributed by atoms with Crippen molar-refractivity contribution in [1.82, 2.24) is 24.9 Å². The van der Waals surface area contributed by atoms with E-state index in [1.165, 1.54) is 18.4 Å². The molecule has 0 spiro atoms. The molecule has 0 radical (unpaired) electrons. The summed E-state index contributed by atoms with van der Waals surface area (Å²) < 4.78 is 1.88. The van der Waals surface area contributed by atoms with E-state index in [-0.39, 0.29) is 5.91 Å². The SMILES string of the molecule is CN(C)CCNC(=O)CCC1CCN(Cc2ccc(-n3cccn3)cc2)CC1. The summed E-state index contributed by atoms with van der Waals surface area (Å²) >= 11 is 0. The zero-order chi connectivity index (χ0) is 19.8. The fraction of sp³-hybridized carbons (Fsp3) is 0.545. The van der Waals surface area contributed by atoms with Crippen molar-refractivity contribution in [3.8, 4) is 5.69 Å². The van der Waals surface area contributed by atoms with Gasteiger partial charge in [-0.2, -0.15) is 5.10 Å². The molecule has 3 rings (SSSR count). The quantitative estimate of drug-likeness (QED) is 0.723. The minimum atomic E-state index is 0.196. The minimum absolute atomic E-state index is 0.196. The molecule has 6 nitrogen and oxygen atoms in total. The highest BCUT2D eigenvalue weighted by Crippen LogP contribution is 2.23. The number of piperidine rings is 1. The third kappa shape index (κ3) is 6.46. The Balaban J connectivity index is 1.34. The van der Waals surface area contributed by atoms with Crippen molar-refractivity contribution < 1.29 is 4.79 Å². The van der Waals surface area contributed by atoms with Crippen molar-refractivity contribution >= 4 is 5.91 Å². The summed E-state index contributed by atoms with van der Waals surface area (Å²) in [6, 6.07) is 10.6. The Morgan fingerprint density at radius 1 is 1.21 bits per heavy atom. The molecule has 2 aromatic rings. The topological polar surface area (TPSA) is 53.4 Å².